The van der Waals surface area contributed by atoms with E-state index in [4.69, 9.17) is 11.2 Å². The van der Waals surface area contributed by atoms with Gasteiger partial charge in [-0.05, 0) is 28.7 Å². The number of morpholine rings is 1. The average Bonchev–Trinajstić information content (AvgIpc) is 2.56. The number of hydrogen-bond donors (Lipinski definition) is 0. The molecule has 1 heterocycles. The van der Waals surface area contributed by atoms with Gasteiger partial charge in [0.05, 0.1) is 13.2 Å². The van der Waals surface area contributed by atoms with E-state index < -0.39 is 0 Å². The van der Waals surface area contributed by atoms with E-state index in [0.717, 1.165) is 49.4 Å². The zero-order valence-electron chi connectivity index (χ0n) is 13.1. The molecule has 1 aliphatic heterocycles. The number of fused-ring (bicyclic) bond motifs is 1. The van der Waals surface area contributed by atoms with Crippen molar-refractivity contribution in [1.29, 1.82) is 0 Å². The molecule has 0 N–H and O–H groups in total. The van der Waals surface area contributed by atoms with Gasteiger partial charge in [-0.25, -0.2) is 0 Å². The van der Waals surface area contributed by atoms with Crippen LogP contribution < -0.4 is 17.0 Å². The fourth-order valence-electron chi connectivity index (χ4n) is 2.93. The number of quaternary nitrogens is 1. The van der Waals surface area contributed by atoms with Crippen molar-refractivity contribution < 1.29 is 26.2 Å². The Bertz CT molecular complexity index is 755. The Morgan fingerprint density at radius 2 is 1.74 bits per heavy atom. The average molecular weight is 370 g/mol. The number of terminal acetylenes is 1. The minimum absolute atomic E-state index is 0. The van der Waals surface area contributed by atoms with Gasteiger partial charge in [0, 0.05) is 5.56 Å². The highest BCUT2D eigenvalue weighted by Crippen LogP contribution is 2.17. The largest absolute Gasteiger partial charge is 1.00 e. The Hall–Kier alpha value is -1.78. The highest BCUT2D eigenvalue weighted by atomic mass is 79.9. The Morgan fingerprint density at radius 1 is 1.00 bits per heavy atom. The van der Waals surface area contributed by atoms with Crippen LogP contribution in [0.4, 0.5) is 0 Å². The zero-order valence-corrected chi connectivity index (χ0v) is 14.7. The lowest BCUT2D eigenvalue weighted by Gasteiger charge is -2.38. The normalized spacial score (nSPS) is 15.8. The molecule has 2 aromatic carbocycles. The van der Waals surface area contributed by atoms with Crippen LogP contribution >= 0.6 is 0 Å². The molecule has 118 valence electrons. The molecular formula is C20H20BrNO. The fourth-order valence-corrected chi connectivity index (χ4v) is 2.93. The summed E-state index contributed by atoms with van der Waals surface area (Å²) in [5.74, 6) is 9.51. The second-order valence-corrected chi connectivity index (χ2v) is 5.75. The molecule has 0 aliphatic carbocycles. The summed E-state index contributed by atoms with van der Waals surface area (Å²) in [7, 11) is 0. The molecule has 3 rings (SSSR count). The molecule has 0 aromatic heterocycles. The minimum Gasteiger partial charge on any atom is -1.00 e. The molecular weight excluding hydrogens is 350 g/mol. The molecule has 23 heavy (non-hydrogen) atoms. The van der Waals surface area contributed by atoms with Crippen molar-refractivity contribution >= 4 is 10.8 Å². The predicted molar refractivity (Wildman–Crippen MR) is 90.2 cm³/mol. The van der Waals surface area contributed by atoms with Crippen LogP contribution in [0.3, 0.4) is 0 Å². The quantitative estimate of drug-likeness (QED) is 0.520. The van der Waals surface area contributed by atoms with Crippen molar-refractivity contribution in [3.05, 3.63) is 48.0 Å². The second kappa shape index (κ2) is 8.18. The van der Waals surface area contributed by atoms with Gasteiger partial charge in [-0.3, -0.25) is 4.48 Å². The third-order valence-corrected chi connectivity index (χ3v) is 4.27. The first kappa shape index (κ1) is 17.6. The smallest absolute Gasteiger partial charge is 0.142 e. The van der Waals surface area contributed by atoms with Crippen molar-refractivity contribution in [3.8, 4) is 24.2 Å². The van der Waals surface area contributed by atoms with Gasteiger partial charge in [-0.15, -0.1) is 6.42 Å². The first-order chi connectivity index (χ1) is 10.8. The van der Waals surface area contributed by atoms with E-state index in [0.29, 0.717) is 0 Å². The van der Waals surface area contributed by atoms with Crippen LogP contribution in [0.1, 0.15) is 5.56 Å². The monoisotopic (exact) mass is 369 g/mol. The standard InChI is InChI=1S/C20H20NO.BrH/c1-2-12-21(14-16-22-17-15-21)13-6-10-19-9-5-8-18-7-3-4-11-20(18)19;/h1,3-5,7-9,11H,12-17H2;1H/q+1;/p-1. The van der Waals surface area contributed by atoms with Gasteiger partial charge in [0.1, 0.15) is 26.2 Å². The Balaban J connectivity index is 0.00000192. The molecule has 0 atom stereocenters. The fraction of sp³-hybridized carbons (Fsp3) is 0.300. The van der Waals surface area contributed by atoms with Crippen LogP contribution in [0.15, 0.2) is 42.5 Å². The van der Waals surface area contributed by atoms with Crippen molar-refractivity contribution in [2.24, 2.45) is 0 Å². The van der Waals surface area contributed by atoms with Crippen LogP contribution in [-0.4, -0.2) is 43.9 Å². The maximum Gasteiger partial charge on any atom is 0.142 e. The van der Waals surface area contributed by atoms with Crippen LogP contribution in [0.2, 0.25) is 0 Å². The minimum atomic E-state index is 0. The van der Waals surface area contributed by atoms with Gasteiger partial charge in [0.15, 0.2) is 0 Å². The number of hydrogen-bond acceptors (Lipinski definition) is 1. The van der Waals surface area contributed by atoms with E-state index in [1.165, 1.54) is 10.8 Å². The topological polar surface area (TPSA) is 9.23 Å². The summed E-state index contributed by atoms with van der Waals surface area (Å²) < 4.78 is 6.32. The summed E-state index contributed by atoms with van der Waals surface area (Å²) in [5, 5.41) is 2.44. The lowest BCUT2D eigenvalue weighted by atomic mass is 10.1. The highest BCUT2D eigenvalue weighted by molar-refractivity contribution is 5.88. The maximum atomic E-state index is 5.55. The molecule has 0 spiro atoms. The Morgan fingerprint density at radius 3 is 2.52 bits per heavy atom. The van der Waals surface area contributed by atoms with Crippen LogP contribution in [0.25, 0.3) is 10.8 Å². The number of halogens is 1. The van der Waals surface area contributed by atoms with Gasteiger partial charge in [0.2, 0.25) is 0 Å². The van der Waals surface area contributed by atoms with E-state index in [2.05, 4.69) is 60.2 Å². The van der Waals surface area contributed by atoms with Crippen LogP contribution in [0.5, 0.6) is 0 Å². The molecule has 1 saturated heterocycles. The summed E-state index contributed by atoms with van der Waals surface area (Å²) >= 11 is 0. The molecule has 0 amide bonds. The maximum absolute atomic E-state index is 5.55. The Labute approximate surface area is 148 Å². The number of ether oxygens (including phenoxy) is 1. The van der Waals surface area contributed by atoms with E-state index in [9.17, 15) is 0 Å². The number of nitrogens with zero attached hydrogens (tertiary/aromatic N) is 1. The first-order valence-electron chi connectivity index (χ1n) is 7.66. The zero-order chi connectivity index (χ0) is 15.3. The third kappa shape index (κ3) is 4.15. The SMILES string of the molecule is C#CC[N+]1(CC#Cc2cccc3ccccc23)CCOCC1.[Br-]. The molecule has 1 aliphatic rings. The molecule has 0 saturated carbocycles. The van der Waals surface area contributed by atoms with Gasteiger partial charge in [-0.2, -0.15) is 0 Å². The number of benzene rings is 2. The third-order valence-electron chi connectivity index (χ3n) is 4.27. The lowest BCUT2D eigenvalue weighted by Crippen LogP contribution is -3.00. The second-order valence-electron chi connectivity index (χ2n) is 5.75. The van der Waals surface area contributed by atoms with Gasteiger partial charge < -0.3 is 21.7 Å². The first-order valence-corrected chi connectivity index (χ1v) is 7.66. The molecule has 1 fully saturated rings. The van der Waals surface area contributed by atoms with Gasteiger partial charge in [0.25, 0.3) is 0 Å². The predicted octanol–water partition coefficient (Wildman–Crippen LogP) is -0.324. The molecule has 0 bridgehead atoms. The summed E-state index contributed by atoms with van der Waals surface area (Å²) in [6.07, 6.45) is 5.55. The molecule has 2 nitrogen and oxygen atoms in total. The van der Waals surface area contributed by atoms with Gasteiger partial charge >= 0.3 is 0 Å². The van der Waals surface area contributed by atoms with Crippen molar-refractivity contribution in [3.63, 3.8) is 0 Å². The van der Waals surface area contributed by atoms with E-state index in [1.54, 1.807) is 0 Å². The summed E-state index contributed by atoms with van der Waals surface area (Å²) in [4.78, 5) is 0. The van der Waals surface area contributed by atoms with E-state index in [1.807, 2.05) is 0 Å². The molecule has 0 unspecified atom stereocenters. The molecule has 3 heteroatoms. The summed E-state index contributed by atoms with van der Waals surface area (Å²) in [5.41, 5.74) is 1.09. The molecule has 0 radical (unpaired) electrons. The van der Waals surface area contributed by atoms with Crippen LogP contribution in [-0.2, 0) is 4.74 Å². The van der Waals surface area contributed by atoms with E-state index in [-0.39, 0.29) is 17.0 Å². The van der Waals surface area contributed by atoms with Crippen LogP contribution in [0, 0.1) is 24.2 Å². The van der Waals surface area contributed by atoms with Crippen molar-refractivity contribution in [1.82, 2.24) is 0 Å². The summed E-state index contributed by atoms with van der Waals surface area (Å²) in [6.45, 7) is 4.97. The van der Waals surface area contributed by atoms with Gasteiger partial charge in [-0.1, -0.05) is 42.3 Å². The number of rotatable bonds is 2. The molecule has 2 aromatic rings. The Kier molecular flexibility index (Phi) is 6.25. The highest BCUT2D eigenvalue weighted by Gasteiger charge is 2.28. The van der Waals surface area contributed by atoms with Crippen molar-refractivity contribution in [2.75, 3.05) is 39.4 Å². The van der Waals surface area contributed by atoms with Crippen molar-refractivity contribution in [2.45, 2.75) is 0 Å². The lowest BCUT2D eigenvalue weighted by molar-refractivity contribution is -0.922. The van der Waals surface area contributed by atoms with E-state index >= 15 is 0 Å². The summed E-state index contributed by atoms with van der Waals surface area (Å²) in [6, 6.07) is 14.6.